The minimum atomic E-state index is 0.00658. The van der Waals surface area contributed by atoms with E-state index in [1.807, 2.05) is 54.9 Å². The molecule has 2 aromatic heterocycles. The van der Waals surface area contributed by atoms with Gasteiger partial charge in [0.15, 0.2) is 11.6 Å². The van der Waals surface area contributed by atoms with Gasteiger partial charge in [-0.3, -0.25) is 4.79 Å². The first kappa shape index (κ1) is 22.0. The molecule has 1 aromatic carbocycles. The van der Waals surface area contributed by atoms with Crippen molar-refractivity contribution in [2.24, 2.45) is 0 Å². The van der Waals surface area contributed by atoms with E-state index < -0.39 is 0 Å². The first-order valence-electron chi connectivity index (χ1n) is 11.2. The highest BCUT2D eigenvalue weighted by atomic mass is 16.5. The van der Waals surface area contributed by atoms with Crippen LogP contribution in [0.15, 0.2) is 36.4 Å². The van der Waals surface area contributed by atoms with Gasteiger partial charge in [-0.25, -0.2) is 4.68 Å². The number of nitrogens with one attached hydrogen (secondary N) is 1. The van der Waals surface area contributed by atoms with Crippen molar-refractivity contribution in [2.45, 2.75) is 40.0 Å². The zero-order valence-electron chi connectivity index (χ0n) is 19.0. The van der Waals surface area contributed by atoms with E-state index in [0.29, 0.717) is 31.9 Å². The number of morpholine rings is 1. The van der Waals surface area contributed by atoms with Crippen molar-refractivity contribution in [3.05, 3.63) is 58.9 Å². The molecule has 0 saturated carbocycles. The Hall–Kier alpha value is -3.26. The molecular weight excluding hydrogens is 404 g/mol. The molecule has 1 aliphatic heterocycles. The fraction of sp³-hybridized carbons (Fsp3) is 0.417. The summed E-state index contributed by atoms with van der Waals surface area (Å²) in [6, 6.07) is 11.8. The van der Waals surface area contributed by atoms with E-state index in [4.69, 9.17) is 4.74 Å². The van der Waals surface area contributed by atoms with Crippen molar-refractivity contribution in [3.63, 3.8) is 0 Å². The molecule has 1 N–H and O–H groups in total. The van der Waals surface area contributed by atoms with Gasteiger partial charge in [0.2, 0.25) is 5.91 Å². The van der Waals surface area contributed by atoms with E-state index in [1.165, 1.54) is 0 Å². The Labute approximate surface area is 188 Å². The number of carbonyl (C=O) groups is 1. The molecule has 0 spiro atoms. The second-order valence-corrected chi connectivity index (χ2v) is 7.97. The van der Waals surface area contributed by atoms with Crippen LogP contribution in [0.2, 0.25) is 0 Å². The summed E-state index contributed by atoms with van der Waals surface area (Å²) >= 11 is 0. The van der Waals surface area contributed by atoms with E-state index >= 15 is 0 Å². The third-order valence-electron chi connectivity index (χ3n) is 5.90. The molecule has 1 fully saturated rings. The van der Waals surface area contributed by atoms with Gasteiger partial charge in [-0.05, 0) is 56.0 Å². The molecule has 1 aliphatic rings. The molecule has 0 radical (unpaired) electrons. The largest absolute Gasteiger partial charge is 0.378 e. The number of para-hydroxylation sites is 1. The molecule has 4 rings (SSSR count). The number of hydrogen-bond acceptors (Lipinski definition) is 6. The number of aryl methyl sites for hydroxylation is 2. The molecule has 32 heavy (non-hydrogen) atoms. The van der Waals surface area contributed by atoms with Gasteiger partial charge in [0.1, 0.15) is 0 Å². The van der Waals surface area contributed by atoms with Crippen LogP contribution in [0.5, 0.6) is 0 Å². The zero-order chi connectivity index (χ0) is 22.5. The van der Waals surface area contributed by atoms with E-state index in [2.05, 4.69) is 32.4 Å². The van der Waals surface area contributed by atoms with Crippen LogP contribution in [0, 0.1) is 13.8 Å². The molecule has 1 amide bonds. The van der Waals surface area contributed by atoms with Crippen LogP contribution in [0.25, 0.3) is 5.82 Å². The molecule has 3 heterocycles. The summed E-state index contributed by atoms with van der Waals surface area (Å²) in [6.45, 7) is 9.13. The number of anilines is 2. The Bertz CT molecular complexity index is 1070. The summed E-state index contributed by atoms with van der Waals surface area (Å²) in [4.78, 5) is 14.7. The number of amides is 1. The quantitative estimate of drug-likeness (QED) is 0.614. The monoisotopic (exact) mass is 434 g/mol. The summed E-state index contributed by atoms with van der Waals surface area (Å²) in [6.07, 6.45) is 1.90. The van der Waals surface area contributed by atoms with Gasteiger partial charge in [-0.1, -0.05) is 25.1 Å². The van der Waals surface area contributed by atoms with Crippen LogP contribution < -0.4 is 10.2 Å². The Balaban J connectivity index is 1.43. The van der Waals surface area contributed by atoms with Crippen molar-refractivity contribution < 1.29 is 9.53 Å². The van der Waals surface area contributed by atoms with Crippen LogP contribution in [0.4, 0.5) is 11.5 Å². The van der Waals surface area contributed by atoms with Crippen LogP contribution >= 0.6 is 0 Å². The maximum absolute atomic E-state index is 12.6. The number of ether oxygens (including phenoxy) is 1. The molecule has 0 unspecified atom stereocenters. The normalized spacial score (nSPS) is 13.9. The first-order chi connectivity index (χ1) is 15.6. The number of carbonyl (C=O) groups excluding carboxylic acids is 1. The Morgan fingerprint density at radius 3 is 2.50 bits per heavy atom. The number of aromatic nitrogens is 4. The summed E-state index contributed by atoms with van der Waals surface area (Å²) in [5.74, 6) is 1.53. The number of rotatable bonds is 7. The van der Waals surface area contributed by atoms with E-state index in [-0.39, 0.29) is 5.91 Å². The third kappa shape index (κ3) is 4.80. The Kier molecular flexibility index (Phi) is 6.80. The van der Waals surface area contributed by atoms with Crippen molar-refractivity contribution >= 4 is 17.4 Å². The molecule has 0 atom stereocenters. The lowest BCUT2D eigenvalue weighted by atomic mass is 10.1. The molecule has 0 aliphatic carbocycles. The topological polar surface area (TPSA) is 85.2 Å². The minimum Gasteiger partial charge on any atom is -0.378 e. The van der Waals surface area contributed by atoms with Gasteiger partial charge >= 0.3 is 0 Å². The van der Waals surface area contributed by atoms with E-state index in [0.717, 1.165) is 53.5 Å². The SMILES string of the molecule is CCc1ccccc1NC(=O)CCc1c(C)nn(-c2ccc(N3CCOCC3)nn2)c1C. The smallest absolute Gasteiger partial charge is 0.224 e. The van der Waals surface area contributed by atoms with Gasteiger partial charge in [-0.15, -0.1) is 10.2 Å². The average Bonchev–Trinajstić information content (AvgIpc) is 3.12. The molecule has 1 saturated heterocycles. The maximum Gasteiger partial charge on any atom is 0.224 e. The van der Waals surface area contributed by atoms with Gasteiger partial charge in [0, 0.05) is 30.9 Å². The van der Waals surface area contributed by atoms with Gasteiger partial charge in [-0.2, -0.15) is 5.10 Å². The predicted octanol–water partition coefficient (Wildman–Crippen LogP) is 3.25. The van der Waals surface area contributed by atoms with Gasteiger partial charge in [0.25, 0.3) is 0 Å². The maximum atomic E-state index is 12.6. The highest BCUT2D eigenvalue weighted by Crippen LogP contribution is 2.21. The summed E-state index contributed by atoms with van der Waals surface area (Å²) in [7, 11) is 0. The highest BCUT2D eigenvalue weighted by Gasteiger charge is 2.17. The predicted molar refractivity (Wildman–Crippen MR) is 124 cm³/mol. The van der Waals surface area contributed by atoms with Crippen molar-refractivity contribution in [3.8, 4) is 5.82 Å². The fourth-order valence-electron chi connectivity index (χ4n) is 4.05. The standard InChI is InChI=1S/C24H30N6O2/c1-4-19-7-5-6-8-21(19)25-24(31)12-9-20-17(2)28-30(18(20)3)23-11-10-22(26-27-23)29-13-15-32-16-14-29/h5-8,10-11H,4,9,12-16H2,1-3H3,(H,25,31). The fourth-order valence-corrected chi connectivity index (χ4v) is 4.05. The van der Waals surface area contributed by atoms with E-state index in [9.17, 15) is 4.79 Å². The number of benzene rings is 1. The highest BCUT2D eigenvalue weighted by molar-refractivity contribution is 5.91. The lowest BCUT2D eigenvalue weighted by Crippen LogP contribution is -2.36. The first-order valence-corrected chi connectivity index (χ1v) is 11.2. The second kappa shape index (κ2) is 9.91. The van der Waals surface area contributed by atoms with E-state index in [1.54, 1.807) is 0 Å². The van der Waals surface area contributed by atoms with Crippen LogP contribution in [-0.4, -0.2) is 52.2 Å². The summed E-state index contributed by atoms with van der Waals surface area (Å²) in [5, 5.41) is 16.5. The molecule has 0 bridgehead atoms. The number of nitrogens with zero attached hydrogens (tertiary/aromatic N) is 5. The van der Waals surface area contributed by atoms with Crippen LogP contribution in [0.3, 0.4) is 0 Å². The van der Waals surface area contributed by atoms with Crippen molar-refractivity contribution in [1.29, 1.82) is 0 Å². The van der Waals surface area contributed by atoms with Gasteiger partial charge < -0.3 is 15.0 Å². The molecule has 8 nitrogen and oxygen atoms in total. The van der Waals surface area contributed by atoms with Crippen LogP contribution in [0.1, 0.15) is 35.9 Å². The lowest BCUT2D eigenvalue weighted by Gasteiger charge is -2.27. The molecule has 3 aromatic rings. The number of hydrogen-bond donors (Lipinski definition) is 1. The van der Waals surface area contributed by atoms with Crippen molar-refractivity contribution in [2.75, 3.05) is 36.5 Å². The lowest BCUT2D eigenvalue weighted by molar-refractivity contribution is -0.116. The summed E-state index contributed by atoms with van der Waals surface area (Å²) < 4.78 is 7.21. The molecule has 8 heteroatoms. The Morgan fingerprint density at radius 2 is 1.78 bits per heavy atom. The Morgan fingerprint density at radius 1 is 1.06 bits per heavy atom. The molecular formula is C24H30N6O2. The average molecular weight is 435 g/mol. The third-order valence-corrected chi connectivity index (χ3v) is 5.90. The van der Waals surface area contributed by atoms with Gasteiger partial charge in [0.05, 0.1) is 18.9 Å². The zero-order valence-corrected chi connectivity index (χ0v) is 19.0. The minimum absolute atomic E-state index is 0.00658. The van der Waals surface area contributed by atoms with Crippen LogP contribution in [-0.2, 0) is 22.4 Å². The molecule has 168 valence electrons. The second-order valence-electron chi connectivity index (χ2n) is 7.97. The van der Waals surface area contributed by atoms with Crippen molar-refractivity contribution in [1.82, 2.24) is 20.0 Å². The summed E-state index contributed by atoms with van der Waals surface area (Å²) in [5.41, 5.74) is 4.99.